The van der Waals surface area contributed by atoms with Gasteiger partial charge in [-0.2, -0.15) is 24.9 Å². The van der Waals surface area contributed by atoms with E-state index in [9.17, 15) is 13.2 Å². The van der Waals surface area contributed by atoms with E-state index in [0.29, 0.717) is 30.8 Å². The summed E-state index contributed by atoms with van der Waals surface area (Å²) in [6.07, 6.45) is -3.29. The van der Waals surface area contributed by atoms with Crippen LogP contribution in [0.3, 0.4) is 0 Å². The maximum Gasteiger partial charge on any atom is 0.401 e. The lowest BCUT2D eigenvalue weighted by Gasteiger charge is -2.36. The summed E-state index contributed by atoms with van der Waals surface area (Å²) >= 11 is 2.01. The topological polar surface area (TPSA) is 30.9 Å². The lowest BCUT2D eigenvalue weighted by atomic mass is 10.1. The van der Waals surface area contributed by atoms with Crippen molar-refractivity contribution in [1.82, 2.24) is 15.1 Å². The van der Waals surface area contributed by atoms with E-state index in [-0.39, 0.29) is 29.9 Å². The summed E-state index contributed by atoms with van der Waals surface area (Å²) in [7, 11) is 1.78. The molecule has 0 aromatic carbocycles. The number of thioether (sulfide) groups is 1. The molecule has 2 atom stereocenters. The van der Waals surface area contributed by atoms with E-state index >= 15 is 0 Å². The monoisotopic (exact) mass is 494 g/mol. The molecule has 0 amide bonds. The van der Waals surface area contributed by atoms with Crippen LogP contribution in [0.5, 0.6) is 0 Å². The quantitative estimate of drug-likeness (QED) is 0.370. The zero-order chi connectivity index (χ0) is 17.7. The average Bonchev–Trinajstić information content (AvgIpc) is 2.93. The predicted molar refractivity (Wildman–Crippen MR) is 110 cm³/mol. The van der Waals surface area contributed by atoms with Crippen LogP contribution in [0.15, 0.2) is 4.99 Å². The number of alkyl halides is 3. The summed E-state index contributed by atoms with van der Waals surface area (Å²) in [5.41, 5.74) is 0. The van der Waals surface area contributed by atoms with Gasteiger partial charge in [-0.15, -0.1) is 24.0 Å². The Kier molecular flexibility index (Phi) is 9.66. The Morgan fingerprint density at radius 2 is 2.00 bits per heavy atom. The van der Waals surface area contributed by atoms with E-state index in [4.69, 9.17) is 0 Å². The van der Waals surface area contributed by atoms with Crippen molar-refractivity contribution >= 4 is 41.7 Å². The van der Waals surface area contributed by atoms with Gasteiger partial charge in [0.1, 0.15) is 0 Å². The number of rotatable bonds is 4. The molecule has 0 radical (unpaired) electrons. The summed E-state index contributed by atoms with van der Waals surface area (Å²) in [6, 6.07) is 0. The lowest BCUT2D eigenvalue weighted by molar-refractivity contribution is -0.143. The average molecular weight is 494 g/mol. The molecule has 4 nitrogen and oxygen atoms in total. The Balaban J connectivity index is 0.00000312. The molecule has 0 aromatic heterocycles. The van der Waals surface area contributed by atoms with Crippen LogP contribution in [0, 0.1) is 11.8 Å². The molecule has 9 heteroatoms. The molecule has 25 heavy (non-hydrogen) atoms. The first-order valence-corrected chi connectivity index (χ1v) is 9.69. The van der Waals surface area contributed by atoms with E-state index < -0.39 is 12.7 Å². The molecule has 148 valence electrons. The van der Waals surface area contributed by atoms with Gasteiger partial charge in [-0.3, -0.25) is 9.89 Å². The Bertz CT molecular complexity index is 434. The van der Waals surface area contributed by atoms with Gasteiger partial charge in [0.2, 0.25) is 0 Å². The van der Waals surface area contributed by atoms with Crippen molar-refractivity contribution in [3.8, 4) is 0 Å². The largest absolute Gasteiger partial charge is 0.401 e. The SMILES string of the molecule is CN=C(NCC1CCN(CC(F)(F)F)C1)N1CCSC(C(C)C)C1.I. The fraction of sp³-hybridized carbons (Fsp3) is 0.938. The zero-order valence-electron chi connectivity index (χ0n) is 15.2. The molecule has 0 bridgehead atoms. The van der Waals surface area contributed by atoms with Gasteiger partial charge < -0.3 is 10.2 Å². The molecule has 2 aliphatic heterocycles. The van der Waals surface area contributed by atoms with E-state index in [1.165, 1.54) is 4.90 Å². The van der Waals surface area contributed by atoms with Crippen LogP contribution in [-0.2, 0) is 0 Å². The number of hydrogen-bond donors (Lipinski definition) is 1. The van der Waals surface area contributed by atoms with Crippen molar-refractivity contribution in [3.05, 3.63) is 0 Å². The Morgan fingerprint density at radius 1 is 1.28 bits per heavy atom. The fourth-order valence-electron chi connectivity index (χ4n) is 3.32. The third-order valence-electron chi connectivity index (χ3n) is 4.67. The van der Waals surface area contributed by atoms with Crippen LogP contribution >= 0.6 is 35.7 Å². The lowest BCUT2D eigenvalue weighted by Crippen LogP contribution is -2.50. The third-order valence-corrected chi connectivity index (χ3v) is 6.21. The molecule has 2 heterocycles. The number of halogens is 4. The fourth-order valence-corrected chi connectivity index (χ4v) is 4.61. The van der Waals surface area contributed by atoms with Crippen LogP contribution in [0.2, 0.25) is 0 Å². The summed E-state index contributed by atoms with van der Waals surface area (Å²) < 4.78 is 37.4. The second-order valence-corrected chi connectivity index (χ2v) is 8.38. The smallest absolute Gasteiger partial charge is 0.356 e. The maximum absolute atomic E-state index is 12.5. The second-order valence-electron chi connectivity index (χ2n) is 7.03. The Hall–Kier alpha value is 0.1000. The van der Waals surface area contributed by atoms with Crippen molar-refractivity contribution < 1.29 is 13.2 Å². The zero-order valence-corrected chi connectivity index (χ0v) is 18.3. The van der Waals surface area contributed by atoms with Crippen molar-refractivity contribution in [2.45, 2.75) is 31.7 Å². The highest BCUT2D eigenvalue weighted by atomic mass is 127. The highest BCUT2D eigenvalue weighted by molar-refractivity contribution is 14.0. The van der Waals surface area contributed by atoms with Gasteiger partial charge in [0, 0.05) is 44.2 Å². The molecule has 0 aromatic rings. The van der Waals surface area contributed by atoms with Gasteiger partial charge in [0.25, 0.3) is 0 Å². The van der Waals surface area contributed by atoms with Gasteiger partial charge in [0.05, 0.1) is 6.54 Å². The van der Waals surface area contributed by atoms with E-state index in [0.717, 1.165) is 31.2 Å². The molecular weight excluding hydrogens is 464 g/mol. The molecular formula is C16H30F3IN4S. The van der Waals surface area contributed by atoms with E-state index in [1.807, 2.05) is 11.8 Å². The highest BCUT2D eigenvalue weighted by Crippen LogP contribution is 2.25. The van der Waals surface area contributed by atoms with Gasteiger partial charge >= 0.3 is 6.18 Å². The minimum Gasteiger partial charge on any atom is -0.356 e. The number of guanidine groups is 1. The van der Waals surface area contributed by atoms with Crippen LogP contribution in [0.4, 0.5) is 13.2 Å². The van der Waals surface area contributed by atoms with Crippen LogP contribution < -0.4 is 5.32 Å². The molecule has 2 fully saturated rings. The Morgan fingerprint density at radius 3 is 2.60 bits per heavy atom. The Labute approximate surface area is 170 Å². The summed E-state index contributed by atoms with van der Waals surface area (Å²) in [6.45, 7) is 7.37. The molecule has 1 N–H and O–H groups in total. The molecule has 0 spiro atoms. The number of aliphatic imine (C=N–C) groups is 1. The van der Waals surface area contributed by atoms with E-state index in [1.54, 1.807) is 7.05 Å². The van der Waals surface area contributed by atoms with Crippen molar-refractivity contribution in [1.29, 1.82) is 0 Å². The molecule has 0 saturated carbocycles. The molecule has 2 unspecified atom stereocenters. The molecule has 0 aliphatic carbocycles. The highest BCUT2D eigenvalue weighted by Gasteiger charge is 2.34. The minimum atomic E-state index is -4.10. The standard InChI is InChI=1S/C16H29F3N4S.HI/c1-12(2)14-10-23(6-7-24-14)15(20-3)21-8-13-4-5-22(9-13)11-16(17,18)19;/h12-14H,4-11H2,1-3H3,(H,20,21);1H. The third kappa shape index (κ3) is 7.70. The van der Waals surface area contributed by atoms with Gasteiger partial charge in [0.15, 0.2) is 5.96 Å². The molecule has 2 aliphatic rings. The molecule has 2 rings (SSSR count). The first-order valence-electron chi connectivity index (χ1n) is 8.65. The van der Waals surface area contributed by atoms with Gasteiger partial charge in [-0.05, 0) is 24.8 Å². The second kappa shape index (κ2) is 10.4. The van der Waals surface area contributed by atoms with E-state index in [2.05, 4.69) is 29.1 Å². The minimum absolute atomic E-state index is 0. The number of likely N-dealkylation sites (tertiary alicyclic amines) is 1. The first-order chi connectivity index (χ1) is 11.3. The predicted octanol–water partition coefficient (Wildman–Crippen LogP) is 3.14. The van der Waals surface area contributed by atoms with Crippen molar-refractivity contribution in [3.63, 3.8) is 0 Å². The first kappa shape index (κ1) is 23.1. The number of hydrogen-bond acceptors (Lipinski definition) is 3. The molecule has 2 saturated heterocycles. The van der Waals surface area contributed by atoms with Crippen LogP contribution in [-0.4, -0.2) is 79.3 Å². The van der Waals surface area contributed by atoms with Crippen molar-refractivity contribution in [2.75, 3.05) is 52.1 Å². The summed E-state index contributed by atoms with van der Waals surface area (Å²) in [5, 5.41) is 3.99. The van der Waals surface area contributed by atoms with Crippen LogP contribution in [0.1, 0.15) is 20.3 Å². The number of nitrogens with zero attached hydrogens (tertiary/aromatic N) is 3. The van der Waals surface area contributed by atoms with Crippen molar-refractivity contribution in [2.24, 2.45) is 16.8 Å². The maximum atomic E-state index is 12.5. The van der Waals surface area contributed by atoms with Gasteiger partial charge in [-0.1, -0.05) is 13.8 Å². The summed E-state index contributed by atoms with van der Waals surface area (Å²) in [4.78, 5) is 8.16. The van der Waals surface area contributed by atoms with Crippen LogP contribution in [0.25, 0.3) is 0 Å². The summed E-state index contributed by atoms with van der Waals surface area (Å²) in [5.74, 6) is 2.85. The normalized spacial score (nSPS) is 26.0. The number of nitrogens with one attached hydrogen (secondary N) is 1. The van der Waals surface area contributed by atoms with Gasteiger partial charge in [-0.25, -0.2) is 0 Å².